The Morgan fingerprint density at radius 2 is 1.83 bits per heavy atom. The molecule has 7 nitrogen and oxygen atoms in total. The first kappa shape index (κ1) is 20.6. The van der Waals surface area contributed by atoms with E-state index >= 15 is 0 Å². The lowest BCUT2D eigenvalue weighted by atomic mass is 10.1. The van der Waals surface area contributed by atoms with Crippen LogP contribution in [0.15, 0.2) is 47.4 Å². The third-order valence-corrected chi connectivity index (χ3v) is 7.50. The van der Waals surface area contributed by atoms with Crippen molar-refractivity contribution < 1.29 is 18.3 Å². The van der Waals surface area contributed by atoms with E-state index in [0.717, 1.165) is 5.56 Å². The number of hydrogen-bond donors (Lipinski definition) is 1. The molecule has 1 N–H and O–H groups in total. The van der Waals surface area contributed by atoms with E-state index in [0.29, 0.717) is 34.0 Å². The van der Waals surface area contributed by atoms with E-state index in [-0.39, 0.29) is 23.7 Å². The van der Waals surface area contributed by atoms with Crippen molar-refractivity contribution in [2.75, 3.05) is 6.54 Å². The van der Waals surface area contributed by atoms with Gasteiger partial charge in [-0.05, 0) is 49.7 Å². The van der Waals surface area contributed by atoms with Gasteiger partial charge in [0.2, 0.25) is 10.0 Å². The minimum atomic E-state index is -3.77. The molecule has 0 unspecified atom stereocenters. The third-order valence-electron chi connectivity index (χ3n) is 5.24. The number of aromatic nitrogens is 2. The van der Waals surface area contributed by atoms with E-state index in [4.69, 9.17) is 11.6 Å². The maximum absolute atomic E-state index is 13.3. The van der Waals surface area contributed by atoms with Crippen molar-refractivity contribution in [1.29, 1.82) is 0 Å². The van der Waals surface area contributed by atoms with Gasteiger partial charge in [-0.25, -0.2) is 17.9 Å². The van der Waals surface area contributed by atoms with Crippen LogP contribution < -0.4 is 0 Å². The smallest absolute Gasteiger partial charge is 0.356 e. The standard InChI is InChI=1S/C21H20ClN3O4S/c1-13-3-8-19(14(2)11-13)30(28,29)24-10-9-18-17(12-24)20(21(26)27)23-25(18)16-6-4-15(22)5-7-16/h3-8,11H,9-10,12H2,1-2H3,(H,26,27). The highest BCUT2D eigenvalue weighted by molar-refractivity contribution is 7.89. The molecule has 156 valence electrons. The summed E-state index contributed by atoms with van der Waals surface area (Å²) in [6.07, 6.45) is 0.350. The van der Waals surface area contributed by atoms with Gasteiger partial charge in [0.05, 0.1) is 16.3 Å². The normalized spacial score (nSPS) is 14.5. The van der Waals surface area contributed by atoms with Crippen molar-refractivity contribution in [3.63, 3.8) is 0 Å². The summed E-state index contributed by atoms with van der Waals surface area (Å²) in [5.74, 6) is -1.19. The molecule has 2 aromatic carbocycles. The van der Waals surface area contributed by atoms with Crippen LogP contribution >= 0.6 is 11.6 Å². The summed E-state index contributed by atoms with van der Waals surface area (Å²) in [5, 5.41) is 14.5. The predicted molar refractivity (Wildman–Crippen MR) is 113 cm³/mol. The monoisotopic (exact) mass is 445 g/mol. The van der Waals surface area contributed by atoms with Crippen molar-refractivity contribution in [2.45, 2.75) is 31.7 Å². The van der Waals surface area contributed by atoms with E-state index in [1.54, 1.807) is 48.0 Å². The molecule has 0 saturated carbocycles. The van der Waals surface area contributed by atoms with Gasteiger partial charge in [0.15, 0.2) is 5.69 Å². The molecule has 0 bridgehead atoms. The molecule has 2 heterocycles. The van der Waals surface area contributed by atoms with E-state index < -0.39 is 16.0 Å². The Morgan fingerprint density at radius 3 is 2.47 bits per heavy atom. The van der Waals surface area contributed by atoms with Gasteiger partial charge in [0.25, 0.3) is 0 Å². The van der Waals surface area contributed by atoms with Gasteiger partial charge in [-0.1, -0.05) is 29.3 Å². The van der Waals surface area contributed by atoms with E-state index in [2.05, 4.69) is 5.10 Å². The van der Waals surface area contributed by atoms with Crippen LogP contribution in [0, 0.1) is 13.8 Å². The first-order chi connectivity index (χ1) is 14.2. The Kier molecular flexibility index (Phi) is 5.17. The first-order valence-electron chi connectivity index (χ1n) is 9.36. The summed E-state index contributed by atoms with van der Waals surface area (Å²) < 4.78 is 29.4. The minimum absolute atomic E-state index is 0.0415. The second-order valence-electron chi connectivity index (χ2n) is 7.32. The van der Waals surface area contributed by atoms with Gasteiger partial charge in [-0.2, -0.15) is 9.40 Å². The summed E-state index contributed by atoms with van der Waals surface area (Å²) >= 11 is 5.95. The number of halogens is 1. The molecule has 0 atom stereocenters. The predicted octanol–water partition coefficient (Wildman–Crippen LogP) is 3.59. The van der Waals surface area contributed by atoms with Crippen molar-refractivity contribution in [1.82, 2.24) is 14.1 Å². The lowest BCUT2D eigenvalue weighted by Crippen LogP contribution is -2.37. The fourth-order valence-electron chi connectivity index (χ4n) is 3.79. The molecule has 0 radical (unpaired) electrons. The number of carboxylic acids is 1. The van der Waals surface area contributed by atoms with Gasteiger partial charge in [-0.15, -0.1) is 0 Å². The Bertz CT molecular complexity index is 1250. The number of benzene rings is 2. The zero-order chi connectivity index (χ0) is 21.6. The fourth-order valence-corrected chi connectivity index (χ4v) is 5.54. The van der Waals surface area contributed by atoms with Gasteiger partial charge in [-0.3, -0.25) is 0 Å². The zero-order valence-corrected chi connectivity index (χ0v) is 18.0. The van der Waals surface area contributed by atoms with Crippen molar-refractivity contribution in [3.05, 3.63) is 75.6 Å². The van der Waals surface area contributed by atoms with E-state index in [1.165, 1.54) is 4.31 Å². The van der Waals surface area contributed by atoms with Crippen LogP contribution in [0.1, 0.15) is 32.9 Å². The SMILES string of the molecule is Cc1ccc(S(=O)(=O)N2CCc3c(c(C(=O)O)nn3-c3ccc(Cl)cc3)C2)c(C)c1. The number of sulfonamides is 1. The molecule has 4 rings (SSSR count). The van der Waals surface area contributed by atoms with Crippen LogP contribution in [-0.2, 0) is 23.0 Å². The second kappa shape index (κ2) is 7.54. The van der Waals surface area contributed by atoms with Gasteiger partial charge < -0.3 is 5.11 Å². The fraction of sp³-hybridized carbons (Fsp3) is 0.238. The van der Waals surface area contributed by atoms with Crippen LogP contribution in [0.5, 0.6) is 0 Å². The highest BCUT2D eigenvalue weighted by Gasteiger charge is 2.34. The number of rotatable bonds is 4. The van der Waals surface area contributed by atoms with Gasteiger partial charge >= 0.3 is 5.97 Å². The summed E-state index contributed by atoms with van der Waals surface area (Å²) in [7, 11) is -3.77. The van der Waals surface area contributed by atoms with Crippen molar-refractivity contribution in [2.24, 2.45) is 0 Å². The molecular weight excluding hydrogens is 426 g/mol. The number of aryl methyl sites for hydroxylation is 2. The molecule has 0 fully saturated rings. The van der Waals surface area contributed by atoms with Crippen LogP contribution in [0.4, 0.5) is 0 Å². The molecule has 3 aromatic rings. The quantitative estimate of drug-likeness (QED) is 0.662. The highest BCUT2D eigenvalue weighted by atomic mass is 35.5. The Labute approximate surface area is 179 Å². The number of carbonyl (C=O) groups is 1. The molecule has 0 saturated heterocycles. The third kappa shape index (κ3) is 3.51. The molecule has 0 amide bonds. The molecule has 1 aliphatic heterocycles. The number of carboxylic acid groups (broad SMARTS) is 1. The van der Waals surface area contributed by atoms with E-state index in [9.17, 15) is 18.3 Å². The molecular formula is C21H20ClN3O4S. The average molecular weight is 446 g/mol. The molecule has 0 aliphatic carbocycles. The maximum Gasteiger partial charge on any atom is 0.356 e. The number of nitrogens with zero attached hydrogens (tertiary/aromatic N) is 3. The van der Waals surface area contributed by atoms with Crippen molar-refractivity contribution >= 4 is 27.6 Å². The van der Waals surface area contributed by atoms with Crippen LogP contribution in [0.3, 0.4) is 0 Å². The minimum Gasteiger partial charge on any atom is -0.476 e. The van der Waals surface area contributed by atoms with Crippen LogP contribution in [0.25, 0.3) is 5.69 Å². The Hall–Kier alpha value is -2.68. The average Bonchev–Trinajstić information content (AvgIpc) is 3.07. The maximum atomic E-state index is 13.3. The molecule has 0 spiro atoms. The lowest BCUT2D eigenvalue weighted by molar-refractivity contribution is 0.0688. The van der Waals surface area contributed by atoms with Crippen molar-refractivity contribution in [3.8, 4) is 5.69 Å². The molecule has 1 aliphatic rings. The number of aromatic carboxylic acids is 1. The topological polar surface area (TPSA) is 92.5 Å². The highest BCUT2D eigenvalue weighted by Crippen LogP contribution is 2.30. The molecule has 9 heteroatoms. The Balaban J connectivity index is 1.76. The van der Waals surface area contributed by atoms with E-state index in [1.807, 2.05) is 13.0 Å². The zero-order valence-electron chi connectivity index (χ0n) is 16.5. The molecule has 1 aromatic heterocycles. The Morgan fingerprint density at radius 1 is 1.13 bits per heavy atom. The number of fused-ring (bicyclic) bond motifs is 1. The summed E-state index contributed by atoms with van der Waals surface area (Å²) in [4.78, 5) is 12.1. The summed E-state index contributed by atoms with van der Waals surface area (Å²) in [6, 6.07) is 12.1. The van der Waals surface area contributed by atoms with Crippen LogP contribution in [0.2, 0.25) is 5.02 Å². The largest absolute Gasteiger partial charge is 0.476 e. The second-order valence-corrected chi connectivity index (χ2v) is 9.67. The first-order valence-corrected chi connectivity index (χ1v) is 11.2. The van der Waals surface area contributed by atoms with Crippen LogP contribution in [-0.4, -0.2) is 40.1 Å². The summed E-state index contributed by atoms with van der Waals surface area (Å²) in [5.41, 5.74) is 3.29. The molecule has 30 heavy (non-hydrogen) atoms. The van der Waals surface area contributed by atoms with Gasteiger partial charge in [0.1, 0.15) is 0 Å². The van der Waals surface area contributed by atoms with Gasteiger partial charge in [0, 0.05) is 30.1 Å². The lowest BCUT2D eigenvalue weighted by Gasteiger charge is -2.27. The number of hydrogen-bond acceptors (Lipinski definition) is 4. The summed E-state index contributed by atoms with van der Waals surface area (Å²) in [6.45, 7) is 3.86.